The lowest BCUT2D eigenvalue weighted by Crippen LogP contribution is -2.41. The highest BCUT2D eigenvalue weighted by Gasteiger charge is 2.28. The van der Waals surface area contributed by atoms with E-state index >= 15 is 0 Å². The van der Waals surface area contributed by atoms with Crippen LogP contribution in [-0.4, -0.2) is 40.1 Å². The zero-order chi connectivity index (χ0) is 22.1. The summed E-state index contributed by atoms with van der Waals surface area (Å²) in [6, 6.07) is 10.6. The van der Waals surface area contributed by atoms with Crippen molar-refractivity contribution in [3.8, 4) is 0 Å². The molecule has 2 N–H and O–H groups in total. The van der Waals surface area contributed by atoms with Crippen LogP contribution in [0.1, 0.15) is 47.2 Å². The minimum absolute atomic E-state index is 0.0135. The number of nitrogens with one attached hydrogen (secondary N) is 2. The second-order valence-electron chi connectivity index (χ2n) is 7.84. The number of sulfonamides is 2. The van der Waals surface area contributed by atoms with Gasteiger partial charge >= 0.3 is 0 Å². The van der Waals surface area contributed by atoms with E-state index in [4.69, 9.17) is 0 Å². The van der Waals surface area contributed by atoms with Gasteiger partial charge in [-0.05, 0) is 80.0 Å². The van der Waals surface area contributed by atoms with Crippen molar-refractivity contribution in [3.63, 3.8) is 0 Å². The molecule has 1 fully saturated rings. The van der Waals surface area contributed by atoms with Crippen LogP contribution in [0.15, 0.2) is 52.3 Å². The third kappa shape index (κ3) is 4.67. The number of aryl methyl sites for hydroxylation is 2. The largest absolute Gasteiger partial charge is 0.273 e. The highest BCUT2D eigenvalue weighted by Crippen LogP contribution is 2.24. The number of hydrogen-bond acceptors (Lipinski definition) is 5. The van der Waals surface area contributed by atoms with E-state index in [0.717, 1.165) is 49.7 Å². The minimum atomic E-state index is -3.96. The number of carbonyl (C=O) groups excluding carboxylic acids is 1. The standard InChI is InChI=1S/C21H25N3O5S2/c25-21(18-8-5-9-20(15-18)31(28,29)24-12-3-4-13-24)22-23-30(26,27)19-11-10-16-6-1-2-7-17(16)14-19/h5,8-11,14-15,23H,1-4,6-7,12-13H2,(H,22,25). The molecular weight excluding hydrogens is 438 g/mol. The van der Waals surface area contributed by atoms with Gasteiger partial charge in [0.2, 0.25) is 10.0 Å². The van der Waals surface area contributed by atoms with Crippen LogP contribution >= 0.6 is 0 Å². The number of carbonyl (C=O) groups is 1. The molecule has 2 aromatic rings. The Morgan fingerprint density at radius 3 is 2.26 bits per heavy atom. The van der Waals surface area contributed by atoms with Crippen molar-refractivity contribution in [3.05, 3.63) is 59.2 Å². The highest BCUT2D eigenvalue weighted by molar-refractivity contribution is 7.89. The Kier molecular flexibility index (Phi) is 6.16. The maximum absolute atomic E-state index is 12.7. The third-order valence-electron chi connectivity index (χ3n) is 5.73. The van der Waals surface area contributed by atoms with E-state index in [-0.39, 0.29) is 15.4 Å². The van der Waals surface area contributed by atoms with Crippen molar-refractivity contribution in [2.75, 3.05) is 13.1 Å². The zero-order valence-corrected chi connectivity index (χ0v) is 18.6. The third-order valence-corrected chi connectivity index (χ3v) is 8.87. The molecule has 0 spiro atoms. The lowest BCUT2D eigenvalue weighted by Gasteiger charge is -2.17. The van der Waals surface area contributed by atoms with Crippen LogP contribution in [0.25, 0.3) is 0 Å². The van der Waals surface area contributed by atoms with Crippen molar-refractivity contribution >= 4 is 26.0 Å². The van der Waals surface area contributed by atoms with Gasteiger partial charge in [0, 0.05) is 18.7 Å². The van der Waals surface area contributed by atoms with Crippen molar-refractivity contribution in [2.45, 2.75) is 48.3 Å². The summed E-state index contributed by atoms with van der Waals surface area (Å²) in [6.07, 6.45) is 5.52. The lowest BCUT2D eigenvalue weighted by atomic mass is 9.92. The smallest absolute Gasteiger partial charge is 0.266 e. The van der Waals surface area contributed by atoms with Crippen LogP contribution in [0.3, 0.4) is 0 Å². The van der Waals surface area contributed by atoms with Gasteiger partial charge in [0.25, 0.3) is 15.9 Å². The summed E-state index contributed by atoms with van der Waals surface area (Å²) in [4.78, 5) is 14.7. The van der Waals surface area contributed by atoms with E-state index in [1.807, 2.05) is 6.07 Å². The van der Waals surface area contributed by atoms with Gasteiger partial charge in [-0.25, -0.2) is 16.8 Å². The minimum Gasteiger partial charge on any atom is -0.273 e. The fourth-order valence-corrected chi connectivity index (χ4v) is 6.45. The number of nitrogens with zero attached hydrogens (tertiary/aromatic N) is 1. The molecule has 4 rings (SSSR count). The Balaban J connectivity index is 1.47. The maximum Gasteiger partial charge on any atom is 0.266 e. The van der Waals surface area contributed by atoms with Gasteiger partial charge < -0.3 is 0 Å². The summed E-state index contributed by atoms with van der Waals surface area (Å²) in [6.45, 7) is 0.915. The second-order valence-corrected chi connectivity index (χ2v) is 11.5. The van der Waals surface area contributed by atoms with E-state index < -0.39 is 26.0 Å². The first-order valence-corrected chi connectivity index (χ1v) is 13.2. The second kappa shape index (κ2) is 8.70. The molecule has 1 aliphatic heterocycles. The quantitative estimate of drug-likeness (QED) is 0.636. The van der Waals surface area contributed by atoms with Crippen LogP contribution in [0, 0.1) is 0 Å². The van der Waals surface area contributed by atoms with Gasteiger partial charge in [0.15, 0.2) is 0 Å². The first kappa shape index (κ1) is 21.9. The summed E-state index contributed by atoms with van der Waals surface area (Å²) in [5, 5.41) is 0. The molecule has 0 bridgehead atoms. The SMILES string of the molecule is O=C(NNS(=O)(=O)c1ccc2c(c1)CCCC2)c1cccc(S(=O)(=O)N2CCCC2)c1. The maximum atomic E-state index is 12.7. The molecule has 1 saturated heterocycles. The van der Waals surface area contributed by atoms with E-state index in [1.165, 1.54) is 34.6 Å². The van der Waals surface area contributed by atoms with Crippen LogP contribution in [0.4, 0.5) is 0 Å². The highest BCUT2D eigenvalue weighted by atomic mass is 32.2. The average molecular weight is 464 g/mol. The van der Waals surface area contributed by atoms with Gasteiger partial charge in [-0.3, -0.25) is 10.2 Å². The van der Waals surface area contributed by atoms with Gasteiger partial charge in [0.05, 0.1) is 9.79 Å². The molecule has 2 aliphatic rings. The molecule has 1 heterocycles. The predicted molar refractivity (Wildman–Crippen MR) is 115 cm³/mol. The molecule has 1 aliphatic carbocycles. The molecule has 8 nitrogen and oxygen atoms in total. The Labute approximate surface area is 182 Å². The van der Waals surface area contributed by atoms with Gasteiger partial charge in [-0.1, -0.05) is 12.1 Å². The van der Waals surface area contributed by atoms with Crippen molar-refractivity contribution in [1.29, 1.82) is 0 Å². The van der Waals surface area contributed by atoms with Crippen LogP contribution in [0.5, 0.6) is 0 Å². The van der Waals surface area contributed by atoms with Crippen LogP contribution < -0.4 is 10.3 Å². The molecule has 0 radical (unpaired) electrons. The monoisotopic (exact) mass is 463 g/mol. The Morgan fingerprint density at radius 1 is 0.806 bits per heavy atom. The topological polar surface area (TPSA) is 113 Å². The fraction of sp³-hybridized carbons (Fsp3) is 0.381. The summed E-state index contributed by atoms with van der Waals surface area (Å²) in [7, 11) is -7.63. The normalized spacial score (nSPS) is 17.3. The van der Waals surface area contributed by atoms with E-state index in [1.54, 1.807) is 6.07 Å². The summed E-state index contributed by atoms with van der Waals surface area (Å²) >= 11 is 0. The van der Waals surface area contributed by atoms with Crippen LogP contribution in [0.2, 0.25) is 0 Å². The number of hydrogen-bond donors (Lipinski definition) is 2. The summed E-state index contributed by atoms with van der Waals surface area (Å²) in [5.41, 5.74) is 4.40. The van der Waals surface area contributed by atoms with Crippen LogP contribution in [-0.2, 0) is 32.9 Å². The Hall–Kier alpha value is -2.27. The van der Waals surface area contributed by atoms with Crippen molar-refractivity contribution in [2.24, 2.45) is 0 Å². The first-order valence-electron chi connectivity index (χ1n) is 10.3. The predicted octanol–water partition coefficient (Wildman–Crippen LogP) is 1.97. The number of amides is 1. The molecular formula is C21H25N3O5S2. The number of fused-ring (bicyclic) bond motifs is 1. The number of rotatable bonds is 6. The molecule has 31 heavy (non-hydrogen) atoms. The van der Waals surface area contributed by atoms with E-state index in [9.17, 15) is 21.6 Å². The Bertz CT molecular complexity index is 1200. The van der Waals surface area contributed by atoms with Crippen molar-refractivity contribution < 1.29 is 21.6 Å². The molecule has 0 unspecified atom stereocenters. The lowest BCUT2D eigenvalue weighted by molar-refractivity contribution is 0.0945. The summed E-state index contributed by atoms with van der Waals surface area (Å²) in [5.74, 6) is -0.736. The molecule has 10 heteroatoms. The molecule has 0 saturated carbocycles. The Morgan fingerprint density at radius 2 is 1.52 bits per heavy atom. The molecule has 0 aromatic heterocycles. The first-order chi connectivity index (χ1) is 14.8. The number of benzene rings is 2. The zero-order valence-electron chi connectivity index (χ0n) is 17.0. The molecule has 0 atom stereocenters. The van der Waals surface area contributed by atoms with Gasteiger partial charge in [0.1, 0.15) is 0 Å². The fourth-order valence-electron chi connectivity index (χ4n) is 4.00. The summed E-state index contributed by atoms with van der Waals surface area (Å²) < 4.78 is 52.1. The average Bonchev–Trinajstić information content (AvgIpc) is 3.33. The van der Waals surface area contributed by atoms with E-state index in [0.29, 0.717) is 13.1 Å². The molecule has 166 valence electrons. The van der Waals surface area contributed by atoms with Gasteiger partial charge in [-0.15, -0.1) is 4.83 Å². The van der Waals surface area contributed by atoms with Crippen molar-refractivity contribution in [1.82, 2.24) is 14.6 Å². The molecule has 2 aromatic carbocycles. The number of hydrazine groups is 1. The van der Waals surface area contributed by atoms with E-state index in [2.05, 4.69) is 10.3 Å². The van der Waals surface area contributed by atoms with Gasteiger partial charge in [-0.2, -0.15) is 4.31 Å². The molecule has 1 amide bonds.